The van der Waals surface area contributed by atoms with Crippen LogP contribution in [-0.4, -0.2) is 73.4 Å². The molecule has 0 fully saturated rings. The summed E-state index contributed by atoms with van der Waals surface area (Å²) in [5.74, 6) is -0.174. The topological polar surface area (TPSA) is 105 Å². The average Bonchev–Trinajstić information content (AvgIpc) is 3.31. The summed E-state index contributed by atoms with van der Waals surface area (Å²) in [6, 6.07) is -0.846. The molecule has 3 N–H and O–H groups in total. The number of hydrogen-bond acceptors (Lipinski definition) is 5. The van der Waals surface area contributed by atoms with Crippen molar-refractivity contribution in [3.63, 3.8) is 0 Å². The SMILES string of the molecule is CCCCCCCCCC/C=C\CCCCCCCCCCCC(=O)NC(COP(=O)(O)OCC[N+](C)(C)C)C(O)/C=C/CCCCCCCCCCCCCCCCCCCCCCCCCC. The molecular weight excluding hydrogens is 876 g/mol. The number of nitrogens with one attached hydrogen (secondary N) is 1. The number of amides is 1. The molecule has 0 aliphatic carbocycles. The maximum absolute atomic E-state index is 13.0. The minimum absolute atomic E-state index is 0.0629. The predicted octanol–water partition coefficient (Wildman–Crippen LogP) is 18.4. The zero-order valence-corrected chi connectivity index (χ0v) is 47.7. The number of aliphatic hydroxyl groups excluding tert-OH is 1. The quantitative estimate of drug-likeness (QED) is 0.0243. The number of nitrogens with zero attached hydrogens (tertiary/aromatic N) is 1. The summed E-state index contributed by atoms with van der Waals surface area (Å²) in [6.45, 7) is 4.86. The lowest BCUT2D eigenvalue weighted by atomic mass is 10.0. The Morgan fingerprint density at radius 3 is 1.12 bits per heavy atom. The smallest absolute Gasteiger partial charge is 0.387 e. The molecule has 1 amide bonds. The first kappa shape index (κ1) is 68.0. The predicted molar refractivity (Wildman–Crippen MR) is 300 cm³/mol. The van der Waals surface area contributed by atoms with Gasteiger partial charge in [0.15, 0.2) is 0 Å². The van der Waals surface area contributed by atoms with Crippen LogP contribution in [0, 0.1) is 0 Å². The highest BCUT2D eigenvalue weighted by molar-refractivity contribution is 7.47. The van der Waals surface area contributed by atoms with Crippen LogP contribution in [0.3, 0.4) is 0 Å². The van der Waals surface area contributed by atoms with Gasteiger partial charge in [0, 0.05) is 6.42 Å². The highest BCUT2D eigenvalue weighted by Crippen LogP contribution is 2.43. The van der Waals surface area contributed by atoms with Crippen molar-refractivity contribution >= 4 is 13.7 Å². The van der Waals surface area contributed by atoms with Gasteiger partial charge in [-0.25, -0.2) is 4.57 Å². The van der Waals surface area contributed by atoms with E-state index in [-0.39, 0.29) is 19.1 Å². The van der Waals surface area contributed by atoms with Crippen LogP contribution >= 0.6 is 7.82 Å². The Kier molecular flexibility index (Phi) is 51.1. The molecule has 8 nitrogen and oxygen atoms in total. The second kappa shape index (κ2) is 51.9. The highest BCUT2D eigenvalue weighted by atomic mass is 31.2. The lowest BCUT2D eigenvalue weighted by molar-refractivity contribution is -0.870. The lowest BCUT2D eigenvalue weighted by Gasteiger charge is -2.25. The number of likely N-dealkylation sites (N-methyl/N-ethyl adjacent to an activating group) is 1. The normalized spacial score (nSPS) is 14.0. The van der Waals surface area contributed by atoms with Crippen LogP contribution in [-0.2, 0) is 18.4 Å². The van der Waals surface area contributed by atoms with E-state index in [0.29, 0.717) is 17.4 Å². The zero-order chi connectivity index (χ0) is 50.6. The fourth-order valence-electron chi connectivity index (χ4n) is 9.16. The van der Waals surface area contributed by atoms with E-state index in [1.54, 1.807) is 6.08 Å². The molecule has 9 heteroatoms. The van der Waals surface area contributed by atoms with Gasteiger partial charge in [0.05, 0.1) is 39.9 Å². The monoisotopic (exact) mass is 996 g/mol. The number of phosphoric ester groups is 1. The molecule has 0 aromatic carbocycles. The number of unbranched alkanes of at least 4 members (excludes halogenated alkanes) is 41. The second-order valence-corrected chi connectivity index (χ2v) is 23.5. The average molecular weight is 997 g/mol. The van der Waals surface area contributed by atoms with Crippen molar-refractivity contribution in [2.45, 2.75) is 315 Å². The fourth-order valence-corrected chi connectivity index (χ4v) is 9.89. The molecule has 0 radical (unpaired) electrons. The minimum Gasteiger partial charge on any atom is -0.387 e. The standard InChI is InChI=1S/C60H119N2O6P/c1-6-8-10-12-14-16-18-20-22-24-26-28-29-30-31-32-34-35-37-39-41-43-45-47-49-51-53-59(63)58(57-68-69(65,66)67-56-55-62(3,4)5)61-60(64)54-52-50-48-46-44-42-40-38-36-33-27-25-23-21-19-17-15-13-11-9-7-2/h25,27,51,53,58-59,63H,6-24,26,28-50,52,54-57H2,1-5H3,(H-,61,64,65,66)/p+1/b27-25-,53-51+. The molecule has 0 aromatic heterocycles. The van der Waals surface area contributed by atoms with Gasteiger partial charge in [-0.2, -0.15) is 0 Å². The lowest BCUT2D eigenvalue weighted by Crippen LogP contribution is -2.45. The van der Waals surface area contributed by atoms with Gasteiger partial charge < -0.3 is 19.8 Å². The Hall–Kier alpha value is -1.02. The molecule has 0 aromatic rings. The van der Waals surface area contributed by atoms with E-state index in [0.717, 1.165) is 32.1 Å². The molecule has 0 saturated heterocycles. The van der Waals surface area contributed by atoms with Crippen molar-refractivity contribution in [2.75, 3.05) is 40.9 Å². The van der Waals surface area contributed by atoms with Gasteiger partial charge in [-0.05, 0) is 44.9 Å². The third-order valence-electron chi connectivity index (χ3n) is 13.9. The maximum atomic E-state index is 13.0. The maximum Gasteiger partial charge on any atom is 0.472 e. The van der Waals surface area contributed by atoms with Gasteiger partial charge in [-0.1, -0.05) is 276 Å². The van der Waals surface area contributed by atoms with Gasteiger partial charge >= 0.3 is 7.82 Å². The molecule has 0 rings (SSSR count). The van der Waals surface area contributed by atoms with E-state index in [2.05, 4.69) is 31.3 Å². The van der Waals surface area contributed by atoms with Gasteiger partial charge in [0.25, 0.3) is 0 Å². The number of allylic oxidation sites excluding steroid dienone is 3. The van der Waals surface area contributed by atoms with Gasteiger partial charge in [-0.3, -0.25) is 13.8 Å². The van der Waals surface area contributed by atoms with Gasteiger partial charge in [-0.15, -0.1) is 0 Å². The van der Waals surface area contributed by atoms with E-state index in [1.807, 2.05) is 27.2 Å². The number of rotatable bonds is 56. The number of phosphoric acid groups is 1. The largest absolute Gasteiger partial charge is 0.472 e. The molecule has 3 atom stereocenters. The van der Waals surface area contributed by atoms with Crippen molar-refractivity contribution in [2.24, 2.45) is 0 Å². The summed E-state index contributed by atoms with van der Waals surface area (Å²) in [5, 5.41) is 14.0. The Balaban J connectivity index is 4.17. The Labute approximate surface area is 430 Å². The van der Waals surface area contributed by atoms with E-state index in [4.69, 9.17) is 9.05 Å². The molecule has 3 unspecified atom stereocenters. The molecule has 0 heterocycles. The Morgan fingerprint density at radius 1 is 0.478 bits per heavy atom. The summed E-state index contributed by atoms with van der Waals surface area (Å²) in [6.07, 6.45) is 65.7. The zero-order valence-electron chi connectivity index (χ0n) is 46.8. The molecule has 0 aliphatic heterocycles. The summed E-state index contributed by atoms with van der Waals surface area (Å²) in [7, 11) is 1.58. The van der Waals surface area contributed by atoms with Crippen molar-refractivity contribution in [1.29, 1.82) is 0 Å². The third-order valence-corrected chi connectivity index (χ3v) is 14.9. The number of quaternary nitrogens is 1. The molecule has 0 saturated carbocycles. The number of hydrogen-bond donors (Lipinski definition) is 3. The summed E-state index contributed by atoms with van der Waals surface area (Å²) in [5.41, 5.74) is 0. The van der Waals surface area contributed by atoms with Crippen molar-refractivity contribution in [1.82, 2.24) is 5.32 Å². The first-order valence-electron chi connectivity index (χ1n) is 30.2. The van der Waals surface area contributed by atoms with E-state index >= 15 is 0 Å². The summed E-state index contributed by atoms with van der Waals surface area (Å²) < 4.78 is 23.7. The number of carbonyl (C=O) groups is 1. The number of aliphatic hydroxyl groups is 1. The van der Waals surface area contributed by atoms with Crippen LogP contribution in [0.1, 0.15) is 303 Å². The van der Waals surface area contributed by atoms with Crippen molar-refractivity contribution in [3.8, 4) is 0 Å². The van der Waals surface area contributed by atoms with Crippen molar-refractivity contribution in [3.05, 3.63) is 24.3 Å². The van der Waals surface area contributed by atoms with E-state index < -0.39 is 20.0 Å². The van der Waals surface area contributed by atoms with Crippen LogP contribution in [0.2, 0.25) is 0 Å². The first-order chi connectivity index (χ1) is 33.5. The molecule has 69 heavy (non-hydrogen) atoms. The fraction of sp³-hybridized carbons (Fsp3) is 0.917. The molecule has 410 valence electrons. The van der Waals surface area contributed by atoms with E-state index in [1.165, 1.54) is 250 Å². The highest BCUT2D eigenvalue weighted by Gasteiger charge is 2.27. The molecule has 0 bridgehead atoms. The Morgan fingerprint density at radius 2 is 0.783 bits per heavy atom. The van der Waals surface area contributed by atoms with Crippen LogP contribution in [0.4, 0.5) is 0 Å². The first-order valence-corrected chi connectivity index (χ1v) is 31.7. The van der Waals surface area contributed by atoms with Crippen LogP contribution in [0.5, 0.6) is 0 Å². The third kappa shape index (κ3) is 54.6. The van der Waals surface area contributed by atoms with Crippen LogP contribution < -0.4 is 5.32 Å². The summed E-state index contributed by atoms with van der Waals surface area (Å²) >= 11 is 0. The number of carbonyl (C=O) groups excluding carboxylic acids is 1. The minimum atomic E-state index is -4.35. The van der Waals surface area contributed by atoms with E-state index in [9.17, 15) is 19.4 Å². The summed E-state index contributed by atoms with van der Waals surface area (Å²) in [4.78, 5) is 23.3. The van der Waals surface area contributed by atoms with Crippen molar-refractivity contribution < 1.29 is 32.9 Å². The molecular formula is C60H120N2O6P+. The second-order valence-electron chi connectivity index (χ2n) is 22.1. The molecule has 0 spiro atoms. The van der Waals surface area contributed by atoms with Crippen LogP contribution in [0.15, 0.2) is 24.3 Å². The van der Waals surface area contributed by atoms with Crippen LogP contribution in [0.25, 0.3) is 0 Å². The van der Waals surface area contributed by atoms with Gasteiger partial charge in [0.1, 0.15) is 13.2 Å². The van der Waals surface area contributed by atoms with Gasteiger partial charge in [0.2, 0.25) is 5.91 Å². The Bertz CT molecular complexity index is 1170. The molecule has 0 aliphatic rings.